The van der Waals surface area contributed by atoms with E-state index in [4.69, 9.17) is 4.74 Å². The predicted molar refractivity (Wildman–Crippen MR) is 147 cm³/mol. The summed E-state index contributed by atoms with van der Waals surface area (Å²) in [4.78, 5) is 32.0. The molecule has 3 aromatic rings. The maximum Gasteiger partial charge on any atom is 0.259 e. The molecule has 1 saturated heterocycles. The van der Waals surface area contributed by atoms with Crippen LogP contribution < -0.4 is 10.3 Å². The number of likely N-dealkylation sites (tertiary alicyclic amines) is 1. The number of aromatic amines is 1. The zero-order valence-corrected chi connectivity index (χ0v) is 22.4. The van der Waals surface area contributed by atoms with Crippen LogP contribution in [0, 0.1) is 12.8 Å². The van der Waals surface area contributed by atoms with Crippen LogP contribution in [0.1, 0.15) is 64.5 Å². The van der Waals surface area contributed by atoms with Crippen molar-refractivity contribution >= 4 is 5.78 Å². The molecule has 3 atom stereocenters. The summed E-state index contributed by atoms with van der Waals surface area (Å²) < 4.78 is 5.60. The number of benzene rings is 2. The number of nitrogens with one attached hydrogen (secondary N) is 1. The lowest BCUT2D eigenvalue weighted by molar-refractivity contribution is -0.139. The molecule has 198 valence electrons. The Morgan fingerprint density at radius 2 is 1.89 bits per heavy atom. The maximum absolute atomic E-state index is 13.3. The standard InChI is InChI=1S/C32H36N2O4/c1-20-9-12-25(38-3)16-27(20)31-13-14-34(19-22-10-11-22)21(2)32(31,37)17-24-15-26(30(36)33-28(24)18-31)29(35)23-7-5-4-6-8-23/h4-9,12,15-16,21-22,37H,10-11,13-14,17-19H2,1-3H3,(H,33,36). The second kappa shape index (κ2) is 9.21. The largest absolute Gasteiger partial charge is 0.497 e. The molecule has 1 aromatic heterocycles. The highest BCUT2D eigenvalue weighted by Gasteiger charge is 2.61. The lowest BCUT2D eigenvalue weighted by Crippen LogP contribution is -2.71. The summed E-state index contributed by atoms with van der Waals surface area (Å²) in [7, 11) is 1.66. The fraction of sp³-hybridized carbons (Fsp3) is 0.438. The molecule has 6 rings (SSSR count). The highest BCUT2D eigenvalue weighted by Crippen LogP contribution is 2.54. The van der Waals surface area contributed by atoms with E-state index in [9.17, 15) is 14.7 Å². The molecule has 0 spiro atoms. The number of methoxy groups -OCH3 is 1. The quantitative estimate of drug-likeness (QED) is 0.484. The Bertz CT molecular complexity index is 1440. The molecule has 2 fully saturated rings. The minimum Gasteiger partial charge on any atom is -0.497 e. The predicted octanol–water partition coefficient (Wildman–Crippen LogP) is 4.19. The molecule has 6 nitrogen and oxygen atoms in total. The van der Waals surface area contributed by atoms with Crippen molar-refractivity contribution in [1.29, 1.82) is 0 Å². The first-order valence-electron chi connectivity index (χ1n) is 13.7. The molecule has 2 N–H and O–H groups in total. The Kier molecular flexibility index (Phi) is 6.08. The first-order valence-corrected chi connectivity index (χ1v) is 13.7. The van der Waals surface area contributed by atoms with Crippen LogP contribution in [-0.4, -0.2) is 52.6 Å². The van der Waals surface area contributed by atoms with Gasteiger partial charge in [-0.3, -0.25) is 14.5 Å². The molecule has 2 heterocycles. The number of fused-ring (bicyclic) bond motifs is 2. The van der Waals surface area contributed by atoms with Gasteiger partial charge in [-0.1, -0.05) is 36.4 Å². The number of nitrogens with zero attached hydrogens (tertiary/aromatic N) is 1. The minimum atomic E-state index is -1.09. The van der Waals surface area contributed by atoms with E-state index >= 15 is 0 Å². The van der Waals surface area contributed by atoms with Gasteiger partial charge >= 0.3 is 0 Å². The van der Waals surface area contributed by atoms with Crippen LogP contribution in [0.25, 0.3) is 0 Å². The monoisotopic (exact) mass is 512 g/mol. The lowest BCUT2D eigenvalue weighted by atomic mass is 9.53. The van der Waals surface area contributed by atoms with E-state index in [2.05, 4.69) is 35.9 Å². The van der Waals surface area contributed by atoms with Crippen molar-refractivity contribution in [3.05, 3.63) is 98.5 Å². The van der Waals surface area contributed by atoms with Gasteiger partial charge in [0.2, 0.25) is 0 Å². The smallest absolute Gasteiger partial charge is 0.259 e. The number of ketones is 1. The van der Waals surface area contributed by atoms with Crippen molar-refractivity contribution in [2.45, 2.75) is 63.0 Å². The number of rotatable bonds is 6. The van der Waals surface area contributed by atoms with Gasteiger partial charge in [0.25, 0.3) is 5.56 Å². The van der Waals surface area contributed by atoms with Crippen LogP contribution in [0.15, 0.2) is 59.4 Å². The van der Waals surface area contributed by atoms with Crippen LogP contribution in [0.4, 0.5) is 0 Å². The van der Waals surface area contributed by atoms with E-state index < -0.39 is 11.0 Å². The first kappa shape index (κ1) is 25.1. The summed E-state index contributed by atoms with van der Waals surface area (Å²) in [6.07, 6.45) is 4.17. The molecule has 0 bridgehead atoms. The molecule has 3 aliphatic rings. The third kappa shape index (κ3) is 3.93. The van der Waals surface area contributed by atoms with E-state index in [0.717, 1.165) is 53.6 Å². The van der Waals surface area contributed by atoms with E-state index in [1.807, 2.05) is 12.1 Å². The second-order valence-corrected chi connectivity index (χ2v) is 11.6. The Morgan fingerprint density at radius 1 is 1.13 bits per heavy atom. The number of aromatic nitrogens is 1. The van der Waals surface area contributed by atoms with Crippen molar-refractivity contribution < 1.29 is 14.6 Å². The van der Waals surface area contributed by atoms with Crippen LogP contribution >= 0.6 is 0 Å². The highest BCUT2D eigenvalue weighted by atomic mass is 16.5. The summed E-state index contributed by atoms with van der Waals surface area (Å²) in [5.74, 6) is 1.18. The molecule has 1 aliphatic heterocycles. The number of piperidine rings is 1. The highest BCUT2D eigenvalue weighted by molar-refractivity contribution is 6.08. The van der Waals surface area contributed by atoms with Crippen molar-refractivity contribution in [3.8, 4) is 5.75 Å². The number of hydrogen-bond acceptors (Lipinski definition) is 5. The summed E-state index contributed by atoms with van der Waals surface area (Å²) in [5.41, 5.74) is 2.40. The number of hydrogen-bond donors (Lipinski definition) is 2. The summed E-state index contributed by atoms with van der Waals surface area (Å²) in [6, 6.07) is 16.6. The number of ether oxygens (including phenoxy) is 1. The molecule has 1 saturated carbocycles. The number of pyridine rings is 1. The molecule has 6 heteroatoms. The summed E-state index contributed by atoms with van der Waals surface area (Å²) in [5, 5.41) is 12.9. The topological polar surface area (TPSA) is 82.6 Å². The zero-order valence-electron chi connectivity index (χ0n) is 22.4. The fourth-order valence-electron chi connectivity index (χ4n) is 7.03. The molecular weight excluding hydrogens is 476 g/mol. The molecule has 0 amide bonds. The van der Waals surface area contributed by atoms with Gasteiger partial charge in [0.1, 0.15) is 5.75 Å². The third-order valence-corrected chi connectivity index (χ3v) is 9.48. The van der Waals surface area contributed by atoms with E-state index in [1.54, 1.807) is 37.4 Å². The summed E-state index contributed by atoms with van der Waals surface area (Å²) >= 11 is 0. The average molecular weight is 513 g/mol. The minimum absolute atomic E-state index is 0.0872. The van der Waals surface area contributed by atoms with E-state index in [-0.39, 0.29) is 22.9 Å². The van der Waals surface area contributed by atoms with Gasteiger partial charge in [-0.2, -0.15) is 0 Å². The van der Waals surface area contributed by atoms with Gasteiger partial charge in [0.05, 0.1) is 18.3 Å². The van der Waals surface area contributed by atoms with Gasteiger partial charge in [-0.05, 0) is 80.5 Å². The first-order chi connectivity index (χ1) is 18.3. The van der Waals surface area contributed by atoms with Crippen molar-refractivity contribution in [2.75, 3.05) is 20.2 Å². The number of aryl methyl sites for hydroxylation is 1. The number of H-pyrrole nitrogens is 1. The van der Waals surface area contributed by atoms with Gasteiger partial charge in [0.15, 0.2) is 5.78 Å². The fourth-order valence-corrected chi connectivity index (χ4v) is 7.03. The number of aliphatic hydroxyl groups is 1. The third-order valence-electron chi connectivity index (χ3n) is 9.48. The normalized spacial score (nSPS) is 26.9. The molecule has 3 unspecified atom stereocenters. The van der Waals surface area contributed by atoms with Crippen molar-refractivity contribution in [2.24, 2.45) is 5.92 Å². The molecule has 2 aromatic carbocycles. The van der Waals surface area contributed by atoms with Gasteiger partial charge in [0, 0.05) is 42.1 Å². The number of carbonyl (C=O) groups excluding carboxylic acids is 1. The van der Waals surface area contributed by atoms with Crippen molar-refractivity contribution in [3.63, 3.8) is 0 Å². The zero-order chi connectivity index (χ0) is 26.7. The van der Waals surface area contributed by atoms with Crippen molar-refractivity contribution in [1.82, 2.24) is 9.88 Å². The van der Waals surface area contributed by atoms with Crippen LogP contribution in [-0.2, 0) is 18.3 Å². The molecule has 2 aliphatic carbocycles. The summed E-state index contributed by atoms with van der Waals surface area (Å²) in [6.45, 7) is 6.14. The van der Waals surface area contributed by atoms with Crippen LogP contribution in [0.5, 0.6) is 5.75 Å². The maximum atomic E-state index is 13.3. The second-order valence-electron chi connectivity index (χ2n) is 11.6. The van der Waals surface area contributed by atoms with Crippen LogP contribution in [0.2, 0.25) is 0 Å². The van der Waals surface area contributed by atoms with Gasteiger partial charge < -0.3 is 14.8 Å². The Hall–Kier alpha value is -3.22. The van der Waals surface area contributed by atoms with Gasteiger partial charge in [-0.15, -0.1) is 0 Å². The Labute approximate surface area is 223 Å². The van der Waals surface area contributed by atoms with Gasteiger partial charge in [-0.25, -0.2) is 0 Å². The Morgan fingerprint density at radius 3 is 2.61 bits per heavy atom. The lowest BCUT2D eigenvalue weighted by Gasteiger charge is -2.60. The van der Waals surface area contributed by atoms with E-state index in [0.29, 0.717) is 18.4 Å². The molecular formula is C32H36N2O4. The SMILES string of the molecule is COc1ccc(C)c(C23CCN(CC4CC4)C(C)C2(O)Cc2cc(C(=O)c4ccccc4)c(=O)[nH]c2C3)c1. The van der Waals surface area contributed by atoms with Crippen LogP contribution in [0.3, 0.4) is 0 Å². The molecule has 38 heavy (non-hydrogen) atoms. The molecule has 0 radical (unpaired) electrons. The Balaban J connectivity index is 1.49. The number of carbonyl (C=O) groups is 1. The average Bonchev–Trinajstić information content (AvgIpc) is 3.74. The van der Waals surface area contributed by atoms with E-state index in [1.165, 1.54) is 12.8 Å².